The van der Waals surface area contributed by atoms with Gasteiger partial charge in [-0.05, 0) is 61.8 Å². The van der Waals surface area contributed by atoms with Gasteiger partial charge >= 0.3 is 18.2 Å². The van der Waals surface area contributed by atoms with E-state index in [1.807, 2.05) is 0 Å². The van der Waals surface area contributed by atoms with Crippen molar-refractivity contribution < 1.29 is 62.8 Å². The first-order chi connectivity index (χ1) is 31.6. The quantitative estimate of drug-likeness (QED) is 0.0338. The van der Waals surface area contributed by atoms with Crippen LogP contribution in [-0.2, 0) is 55.9 Å². The Kier molecular flexibility index (Phi) is 26.0. The number of hydrogen-bond donors (Lipinski definition) is 11. The third-order valence-electron chi connectivity index (χ3n) is 9.27. The molecule has 2 aromatic rings. The summed E-state index contributed by atoms with van der Waals surface area (Å²) in [7, 11) is 0. The van der Waals surface area contributed by atoms with Crippen LogP contribution in [0.15, 0.2) is 79.9 Å². The summed E-state index contributed by atoms with van der Waals surface area (Å²) in [5, 5.41) is 39.0. The van der Waals surface area contributed by atoms with Gasteiger partial charge in [-0.3, -0.25) is 28.8 Å². The van der Waals surface area contributed by atoms with Gasteiger partial charge in [-0.2, -0.15) is 0 Å². The maximum Gasteiger partial charge on any atom is 0.407 e. The first-order valence-corrected chi connectivity index (χ1v) is 21.2. The smallest absolute Gasteiger partial charge is 0.407 e. The van der Waals surface area contributed by atoms with Crippen LogP contribution in [0.1, 0.15) is 49.7 Å². The highest BCUT2D eigenvalue weighted by Crippen LogP contribution is 2.12. The van der Waals surface area contributed by atoms with Crippen LogP contribution in [0, 0.1) is 0 Å². The molecule has 0 radical (unpaired) electrons. The Bertz CT molecular complexity index is 1930. The van der Waals surface area contributed by atoms with E-state index in [-0.39, 0.29) is 57.7 Å². The first kappa shape index (κ1) is 54.6. The molecular formula is C44H61N9O13. The fraction of sp³-hybridized carbons (Fsp3) is 0.432. The number of alkyl carbamates (subject to hydrolysis) is 2. The molecule has 22 nitrogen and oxygen atoms in total. The average molecular weight is 924 g/mol. The number of amides is 8. The van der Waals surface area contributed by atoms with Crippen molar-refractivity contribution in [2.75, 3.05) is 45.9 Å². The molecule has 22 heteroatoms. The molecule has 0 aromatic heterocycles. The fourth-order valence-electron chi connectivity index (χ4n) is 5.83. The minimum atomic E-state index is -1.30. The van der Waals surface area contributed by atoms with Gasteiger partial charge in [-0.25, -0.2) is 14.4 Å². The lowest BCUT2D eigenvalue weighted by molar-refractivity contribution is -0.142. The van der Waals surface area contributed by atoms with E-state index in [9.17, 15) is 53.4 Å². The first-order valence-electron chi connectivity index (χ1n) is 21.2. The highest BCUT2D eigenvalue weighted by Gasteiger charge is 2.27. The number of carbonyl (C=O) groups excluding carboxylic acids is 8. The molecule has 0 saturated heterocycles. The minimum Gasteiger partial charge on any atom is -0.508 e. The van der Waals surface area contributed by atoms with Crippen LogP contribution in [0.25, 0.3) is 0 Å². The molecule has 0 aliphatic rings. The molecule has 2 aromatic carbocycles. The van der Waals surface area contributed by atoms with E-state index in [0.717, 1.165) is 0 Å². The standard InChI is InChI=1S/C44H61N9O13/c1-3-22-65-43(63)46-20-10-8-14-32(45)39(58)53-35(25-30-16-18-31(54)19-17-30)41(60)50-28-38(57)52-34(24-29-12-6-5-7-13-29)40(59)49-26-36(55)48-27-37(56)51-33(42(61)62)15-9-11-21-47-44(64)66-23-4-2/h3-7,12-13,16-19,32-35,54H,1-2,8-11,14-15,20-28,45H2,(H,46,63)(H,47,64)(H,48,55)(H,49,59)(H,50,60)(H,51,56)(H,52,57)(H,53,58)(H,61,62). The van der Waals surface area contributed by atoms with Crippen LogP contribution in [0.4, 0.5) is 9.59 Å². The molecule has 0 fully saturated rings. The molecule has 8 amide bonds. The monoisotopic (exact) mass is 923 g/mol. The molecule has 0 aliphatic carbocycles. The zero-order chi connectivity index (χ0) is 48.7. The highest BCUT2D eigenvalue weighted by molar-refractivity contribution is 5.95. The summed E-state index contributed by atoms with van der Waals surface area (Å²) in [5.41, 5.74) is 7.33. The lowest BCUT2D eigenvalue weighted by Gasteiger charge is -2.22. The van der Waals surface area contributed by atoms with Gasteiger partial charge in [0.1, 0.15) is 37.1 Å². The van der Waals surface area contributed by atoms with Gasteiger partial charge in [0, 0.05) is 25.9 Å². The average Bonchev–Trinajstić information content (AvgIpc) is 3.30. The molecule has 12 N–H and O–H groups in total. The minimum absolute atomic E-state index is 0.0185. The summed E-state index contributed by atoms with van der Waals surface area (Å²) >= 11 is 0. The molecule has 66 heavy (non-hydrogen) atoms. The third-order valence-corrected chi connectivity index (χ3v) is 9.27. The summed E-state index contributed by atoms with van der Waals surface area (Å²) in [4.78, 5) is 113. The maximum atomic E-state index is 13.5. The van der Waals surface area contributed by atoms with E-state index in [1.165, 1.54) is 24.3 Å². The highest BCUT2D eigenvalue weighted by atomic mass is 16.6. The summed E-state index contributed by atoms with van der Waals surface area (Å²) in [6, 6.07) is 9.79. The Balaban J connectivity index is 1.95. The summed E-state index contributed by atoms with van der Waals surface area (Å²) < 4.78 is 9.61. The summed E-state index contributed by atoms with van der Waals surface area (Å²) in [5.74, 6) is -5.88. The van der Waals surface area contributed by atoms with Gasteiger partial charge in [0.2, 0.25) is 35.4 Å². The Hall–Kier alpha value is -7.49. The van der Waals surface area contributed by atoms with E-state index < -0.39 is 97.4 Å². The molecule has 0 heterocycles. The summed E-state index contributed by atoms with van der Waals surface area (Å²) in [6.45, 7) is 5.65. The molecule has 0 saturated carbocycles. The number of hydrogen-bond acceptors (Lipinski definition) is 13. The molecule has 4 unspecified atom stereocenters. The van der Waals surface area contributed by atoms with Crippen LogP contribution in [-0.4, -0.2) is 134 Å². The van der Waals surface area contributed by atoms with Crippen LogP contribution in [0.5, 0.6) is 5.75 Å². The van der Waals surface area contributed by atoms with E-state index in [4.69, 9.17) is 15.2 Å². The number of nitrogens with one attached hydrogen (secondary N) is 8. The van der Waals surface area contributed by atoms with Crippen molar-refractivity contribution >= 4 is 53.6 Å². The van der Waals surface area contributed by atoms with Crippen molar-refractivity contribution in [3.63, 3.8) is 0 Å². The second-order valence-corrected chi connectivity index (χ2v) is 14.6. The molecule has 0 spiro atoms. The van der Waals surface area contributed by atoms with Gasteiger partial charge in [0.25, 0.3) is 0 Å². The van der Waals surface area contributed by atoms with E-state index >= 15 is 0 Å². The predicted molar refractivity (Wildman–Crippen MR) is 239 cm³/mol. The second kappa shape index (κ2) is 31.4. The Labute approximate surface area is 382 Å². The van der Waals surface area contributed by atoms with Gasteiger partial charge in [0.05, 0.1) is 25.7 Å². The number of ether oxygens (including phenoxy) is 2. The number of aromatic hydroxyl groups is 1. The van der Waals surface area contributed by atoms with Crippen LogP contribution in [0.2, 0.25) is 0 Å². The molecular weight excluding hydrogens is 863 g/mol. The van der Waals surface area contributed by atoms with Crippen molar-refractivity contribution in [2.45, 2.75) is 75.5 Å². The number of unbranched alkanes of at least 4 members (excludes halogenated alkanes) is 2. The Morgan fingerprint density at radius 2 is 1.03 bits per heavy atom. The van der Waals surface area contributed by atoms with E-state index in [0.29, 0.717) is 36.8 Å². The number of carboxylic acid groups (broad SMARTS) is 1. The predicted octanol–water partition coefficient (Wildman–Crippen LogP) is -0.443. The second-order valence-electron chi connectivity index (χ2n) is 14.6. The SMILES string of the molecule is C=CCOC(=O)NCCCCC(N)C(=O)NC(Cc1ccc(O)cc1)C(=O)NCC(=O)NC(Cc1ccccc1)C(=O)NCC(=O)NCC(=O)NC(CCCCNC(=O)OCC=C)C(=O)O. The summed E-state index contributed by atoms with van der Waals surface area (Å²) in [6.07, 6.45) is 3.46. The number of nitrogens with two attached hydrogens (primary N) is 1. The van der Waals surface area contributed by atoms with Gasteiger partial charge in [0.15, 0.2) is 0 Å². The fourth-order valence-corrected chi connectivity index (χ4v) is 5.83. The Morgan fingerprint density at radius 1 is 0.561 bits per heavy atom. The maximum absolute atomic E-state index is 13.5. The van der Waals surface area contributed by atoms with Gasteiger partial charge in [-0.1, -0.05) is 67.8 Å². The number of phenolic OH excluding ortho intramolecular Hbond substituents is 1. The van der Waals surface area contributed by atoms with Crippen molar-refractivity contribution in [1.82, 2.24) is 42.5 Å². The van der Waals surface area contributed by atoms with Crippen molar-refractivity contribution in [1.29, 1.82) is 0 Å². The molecule has 360 valence electrons. The number of phenols is 1. The van der Waals surface area contributed by atoms with Crippen LogP contribution >= 0.6 is 0 Å². The molecule has 0 aliphatic heterocycles. The van der Waals surface area contributed by atoms with E-state index in [1.54, 1.807) is 42.5 Å². The van der Waals surface area contributed by atoms with Crippen LogP contribution < -0.4 is 48.3 Å². The Morgan fingerprint density at radius 3 is 1.56 bits per heavy atom. The molecule has 0 bridgehead atoms. The molecule has 4 atom stereocenters. The third kappa shape index (κ3) is 23.8. The molecule has 2 rings (SSSR count). The van der Waals surface area contributed by atoms with Crippen molar-refractivity contribution in [2.24, 2.45) is 5.73 Å². The zero-order valence-electron chi connectivity index (χ0n) is 36.6. The largest absolute Gasteiger partial charge is 0.508 e. The number of benzene rings is 2. The van der Waals surface area contributed by atoms with Gasteiger partial charge < -0.3 is 68.0 Å². The topological polar surface area (TPSA) is 335 Å². The lowest BCUT2D eigenvalue weighted by Crippen LogP contribution is -2.55. The lowest BCUT2D eigenvalue weighted by atomic mass is 10.0. The van der Waals surface area contributed by atoms with Gasteiger partial charge in [-0.15, -0.1) is 0 Å². The van der Waals surface area contributed by atoms with Crippen molar-refractivity contribution in [3.05, 3.63) is 91.0 Å². The number of rotatable bonds is 31. The number of carbonyl (C=O) groups is 9. The number of carboxylic acids is 1. The normalized spacial score (nSPS) is 12.3. The van der Waals surface area contributed by atoms with Crippen molar-refractivity contribution in [3.8, 4) is 5.75 Å². The zero-order valence-corrected chi connectivity index (χ0v) is 36.6. The number of aliphatic carboxylic acids is 1. The van der Waals surface area contributed by atoms with E-state index in [2.05, 4.69) is 55.7 Å². The van der Waals surface area contributed by atoms with Crippen LogP contribution in [0.3, 0.4) is 0 Å².